The van der Waals surface area contributed by atoms with E-state index >= 15 is 0 Å². The van der Waals surface area contributed by atoms with Crippen LogP contribution in [0.25, 0.3) is 0 Å². The number of hydrogen-bond donors (Lipinski definition) is 1. The summed E-state index contributed by atoms with van der Waals surface area (Å²) >= 11 is 0. The van der Waals surface area contributed by atoms with E-state index in [9.17, 15) is 9.18 Å². The first-order valence-corrected chi connectivity index (χ1v) is 5.06. The third kappa shape index (κ3) is 2.33. The average molecular weight is 234 g/mol. The summed E-state index contributed by atoms with van der Waals surface area (Å²) in [6.07, 6.45) is 1.41. The van der Waals surface area contributed by atoms with Crippen LogP contribution in [-0.4, -0.2) is 17.1 Å². The molecule has 5 heteroatoms. The first-order chi connectivity index (χ1) is 8.22. The summed E-state index contributed by atoms with van der Waals surface area (Å²) in [6.45, 7) is 0. The third-order valence-corrected chi connectivity index (χ3v) is 2.42. The number of para-hydroxylation sites is 1. The minimum Gasteiger partial charge on any atom is -0.496 e. The van der Waals surface area contributed by atoms with Crippen molar-refractivity contribution in [1.29, 1.82) is 0 Å². The van der Waals surface area contributed by atoms with Gasteiger partial charge in [0.25, 0.3) is 5.56 Å². The molecule has 0 unspecified atom stereocenters. The number of hydrogen-bond acceptors (Lipinski definition) is 3. The highest BCUT2D eigenvalue weighted by molar-refractivity contribution is 5.36. The first-order valence-electron chi connectivity index (χ1n) is 5.06. The second-order valence-corrected chi connectivity index (χ2v) is 3.48. The molecule has 0 amide bonds. The van der Waals surface area contributed by atoms with Gasteiger partial charge in [0.15, 0.2) is 0 Å². The van der Waals surface area contributed by atoms with E-state index in [4.69, 9.17) is 4.74 Å². The predicted molar refractivity (Wildman–Crippen MR) is 60.6 cm³/mol. The molecule has 88 valence electrons. The van der Waals surface area contributed by atoms with Crippen LogP contribution in [0.3, 0.4) is 0 Å². The lowest BCUT2D eigenvalue weighted by Crippen LogP contribution is -2.15. The summed E-state index contributed by atoms with van der Waals surface area (Å²) in [4.78, 5) is 17.1. The Bertz CT molecular complexity index is 581. The van der Waals surface area contributed by atoms with Crippen LogP contribution >= 0.6 is 0 Å². The topological polar surface area (TPSA) is 55.0 Å². The summed E-state index contributed by atoms with van der Waals surface area (Å²) in [5, 5.41) is 0. The van der Waals surface area contributed by atoms with Crippen LogP contribution in [0.5, 0.6) is 5.75 Å². The van der Waals surface area contributed by atoms with Gasteiger partial charge in [0.2, 0.25) is 5.82 Å². The highest BCUT2D eigenvalue weighted by atomic mass is 19.1. The normalized spacial score (nSPS) is 10.2. The molecule has 0 saturated heterocycles. The molecule has 0 aliphatic carbocycles. The van der Waals surface area contributed by atoms with Gasteiger partial charge in [-0.25, -0.2) is 4.98 Å². The molecule has 2 aromatic rings. The number of aromatic amines is 1. The summed E-state index contributed by atoms with van der Waals surface area (Å²) in [6, 6.07) is 7.23. The van der Waals surface area contributed by atoms with Crippen LogP contribution in [0.15, 0.2) is 35.4 Å². The number of aromatic nitrogens is 2. The van der Waals surface area contributed by atoms with Crippen molar-refractivity contribution in [2.75, 3.05) is 7.11 Å². The van der Waals surface area contributed by atoms with Crippen molar-refractivity contribution in [3.05, 3.63) is 58.0 Å². The minimum absolute atomic E-state index is 0.109. The highest BCUT2D eigenvalue weighted by Crippen LogP contribution is 2.20. The second kappa shape index (κ2) is 4.78. The number of benzene rings is 1. The molecule has 0 radical (unpaired) electrons. The van der Waals surface area contributed by atoms with Crippen molar-refractivity contribution in [3.63, 3.8) is 0 Å². The molecular formula is C12H11FN2O2. The van der Waals surface area contributed by atoms with E-state index in [2.05, 4.69) is 9.97 Å². The predicted octanol–water partition coefficient (Wildman–Crippen LogP) is 1.51. The zero-order valence-electron chi connectivity index (χ0n) is 9.24. The summed E-state index contributed by atoms with van der Waals surface area (Å²) in [5.41, 5.74) is 0.134. The Morgan fingerprint density at radius 3 is 2.94 bits per heavy atom. The van der Waals surface area contributed by atoms with Gasteiger partial charge in [0.05, 0.1) is 19.1 Å². The van der Waals surface area contributed by atoms with Crippen molar-refractivity contribution in [2.45, 2.75) is 6.42 Å². The number of methoxy groups -OCH3 is 1. The zero-order valence-corrected chi connectivity index (χ0v) is 9.24. The number of H-pyrrole nitrogens is 1. The molecule has 0 fully saturated rings. The Morgan fingerprint density at radius 2 is 2.18 bits per heavy atom. The van der Waals surface area contributed by atoms with Crippen molar-refractivity contribution in [1.82, 2.24) is 9.97 Å². The number of halogens is 1. The molecule has 2 rings (SSSR count). The third-order valence-electron chi connectivity index (χ3n) is 2.42. The maximum absolute atomic E-state index is 13.5. The molecule has 1 N–H and O–H groups in total. The van der Waals surface area contributed by atoms with Crippen molar-refractivity contribution < 1.29 is 9.13 Å². The monoisotopic (exact) mass is 234 g/mol. The minimum atomic E-state index is -0.849. The molecule has 0 spiro atoms. The fourth-order valence-electron chi connectivity index (χ4n) is 1.57. The number of rotatable bonds is 3. The van der Waals surface area contributed by atoms with Crippen LogP contribution in [0.4, 0.5) is 4.39 Å². The van der Waals surface area contributed by atoms with Gasteiger partial charge >= 0.3 is 0 Å². The van der Waals surface area contributed by atoms with Crippen LogP contribution in [0, 0.1) is 5.82 Å². The molecule has 0 aliphatic heterocycles. The zero-order chi connectivity index (χ0) is 12.3. The van der Waals surface area contributed by atoms with Crippen molar-refractivity contribution >= 4 is 0 Å². The van der Waals surface area contributed by atoms with E-state index in [1.54, 1.807) is 19.2 Å². The molecule has 1 aromatic heterocycles. The van der Waals surface area contributed by atoms with Gasteiger partial charge < -0.3 is 9.72 Å². The SMILES string of the molecule is COc1ccccc1Cc1nc[nH]c(=O)c1F. The molecular weight excluding hydrogens is 223 g/mol. The van der Waals surface area contributed by atoms with E-state index in [1.807, 2.05) is 12.1 Å². The Labute approximate surface area is 97.1 Å². The lowest BCUT2D eigenvalue weighted by atomic mass is 10.1. The van der Waals surface area contributed by atoms with Gasteiger partial charge in [-0.05, 0) is 6.07 Å². The number of nitrogens with one attached hydrogen (secondary N) is 1. The van der Waals surface area contributed by atoms with Gasteiger partial charge in [-0.15, -0.1) is 0 Å². The van der Waals surface area contributed by atoms with Gasteiger partial charge in [0, 0.05) is 12.0 Å². The molecule has 0 atom stereocenters. The molecule has 4 nitrogen and oxygen atoms in total. The van der Waals surface area contributed by atoms with E-state index < -0.39 is 11.4 Å². The van der Waals surface area contributed by atoms with Crippen LogP contribution in [-0.2, 0) is 6.42 Å². The van der Waals surface area contributed by atoms with Crippen LogP contribution < -0.4 is 10.3 Å². The number of ether oxygens (including phenoxy) is 1. The average Bonchev–Trinajstić information content (AvgIpc) is 2.35. The number of nitrogens with zero attached hydrogens (tertiary/aromatic N) is 1. The Hall–Kier alpha value is -2.17. The smallest absolute Gasteiger partial charge is 0.287 e. The van der Waals surface area contributed by atoms with E-state index in [0.717, 1.165) is 5.56 Å². The van der Waals surface area contributed by atoms with Gasteiger partial charge in [0.1, 0.15) is 5.75 Å². The summed E-state index contributed by atoms with van der Waals surface area (Å²) in [5.74, 6) is -0.201. The largest absolute Gasteiger partial charge is 0.496 e. The molecule has 0 bridgehead atoms. The van der Waals surface area contributed by atoms with Gasteiger partial charge in [-0.3, -0.25) is 4.79 Å². The Kier molecular flexibility index (Phi) is 3.18. The maximum atomic E-state index is 13.5. The highest BCUT2D eigenvalue weighted by Gasteiger charge is 2.10. The Balaban J connectivity index is 2.38. The summed E-state index contributed by atoms with van der Waals surface area (Å²) in [7, 11) is 1.54. The molecule has 17 heavy (non-hydrogen) atoms. The second-order valence-electron chi connectivity index (χ2n) is 3.48. The fraction of sp³-hybridized carbons (Fsp3) is 0.167. The van der Waals surface area contributed by atoms with E-state index in [0.29, 0.717) is 5.75 Å². The molecule has 0 aliphatic rings. The first kappa shape index (κ1) is 11.3. The lowest BCUT2D eigenvalue weighted by Gasteiger charge is -2.07. The molecule has 1 aromatic carbocycles. The lowest BCUT2D eigenvalue weighted by molar-refractivity contribution is 0.410. The fourth-order valence-corrected chi connectivity index (χ4v) is 1.57. The quantitative estimate of drug-likeness (QED) is 0.875. The van der Waals surface area contributed by atoms with E-state index in [1.165, 1.54) is 6.33 Å². The molecule has 0 saturated carbocycles. The van der Waals surface area contributed by atoms with Gasteiger partial charge in [-0.1, -0.05) is 18.2 Å². The van der Waals surface area contributed by atoms with Crippen LogP contribution in [0.1, 0.15) is 11.3 Å². The Morgan fingerprint density at radius 1 is 1.41 bits per heavy atom. The van der Waals surface area contributed by atoms with Crippen molar-refractivity contribution in [2.24, 2.45) is 0 Å². The van der Waals surface area contributed by atoms with Crippen LogP contribution in [0.2, 0.25) is 0 Å². The summed E-state index contributed by atoms with van der Waals surface area (Å²) < 4.78 is 18.6. The van der Waals surface area contributed by atoms with E-state index in [-0.39, 0.29) is 12.1 Å². The standard InChI is InChI=1S/C12H11FN2O2/c1-17-10-5-3-2-4-8(10)6-9-11(13)12(16)15-7-14-9/h2-5,7H,6H2,1H3,(H,14,15,16). The van der Waals surface area contributed by atoms with Gasteiger partial charge in [-0.2, -0.15) is 4.39 Å². The maximum Gasteiger partial charge on any atom is 0.287 e. The molecule has 1 heterocycles. The van der Waals surface area contributed by atoms with Crippen molar-refractivity contribution in [3.8, 4) is 5.75 Å².